The van der Waals surface area contributed by atoms with Crippen LogP contribution >= 0.6 is 0 Å². The van der Waals surface area contributed by atoms with Crippen LogP contribution in [0.25, 0.3) is 0 Å². The topological polar surface area (TPSA) is 30.0 Å². The zero-order valence-electron chi connectivity index (χ0n) is 11.1. The van der Waals surface area contributed by atoms with Crippen LogP contribution in [0, 0.1) is 0 Å². The van der Waals surface area contributed by atoms with E-state index in [1.807, 2.05) is 0 Å². The second-order valence-corrected chi connectivity index (χ2v) is 4.20. The predicted molar refractivity (Wildman–Crippen MR) is 75.4 cm³/mol. The molecule has 0 aromatic rings. The fraction of sp³-hybridized carbons (Fsp3) is 0.500. The zero-order valence-corrected chi connectivity index (χ0v) is 12.7. The van der Waals surface area contributed by atoms with E-state index in [-0.39, 0.29) is 25.0 Å². The number of allylic oxidation sites excluding steroid dienone is 8. The first-order valence-corrected chi connectivity index (χ1v) is 6.60. The molecular formula is C16H25ORh-. The van der Waals surface area contributed by atoms with Crippen molar-refractivity contribution < 1.29 is 25.0 Å². The Labute approximate surface area is 125 Å². The molecule has 0 heterocycles. The van der Waals surface area contributed by atoms with E-state index in [0.29, 0.717) is 0 Å². The molecule has 2 rings (SSSR count). The van der Waals surface area contributed by atoms with Crippen LogP contribution in [0.3, 0.4) is 0 Å². The van der Waals surface area contributed by atoms with Crippen molar-refractivity contribution in [1.29, 1.82) is 0 Å². The van der Waals surface area contributed by atoms with Crippen LogP contribution in [0.15, 0.2) is 48.6 Å². The quantitative estimate of drug-likeness (QED) is 0.443. The van der Waals surface area contributed by atoms with Crippen LogP contribution in [0.5, 0.6) is 0 Å². The summed E-state index contributed by atoms with van der Waals surface area (Å²) in [6.45, 7) is 0. The van der Waals surface area contributed by atoms with Crippen molar-refractivity contribution in [2.45, 2.75) is 51.4 Å². The van der Waals surface area contributed by atoms with Gasteiger partial charge in [-0.05, 0) is 51.4 Å². The summed E-state index contributed by atoms with van der Waals surface area (Å²) in [5.74, 6) is 0. The van der Waals surface area contributed by atoms with Gasteiger partial charge in [0.1, 0.15) is 0 Å². The van der Waals surface area contributed by atoms with E-state index in [0.717, 1.165) is 0 Å². The van der Waals surface area contributed by atoms with Crippen molar-refractivity contribution in [2.24, 2.45) is 0 Å². The Morgan fingerprint density at radius 1 is 0.333 bits per heavy atom. The molecule has 0 unspecified atom stereocenters. The van der Waals surface area contributed by atoms with Crippen LogP contribution in [-0.2, 0) is 19.5 Å². The van der Waals surface area contributed by atoms with Crippen molar-refractivity contribution in [3.63, 3.8) is 0 Å². The molecule has 2 heteroatoms. The van der Waals surface area contributed by atoms with Crippen LogP contribution in [0.2, 0.25) is 0 Å². The Morgan fingerprint density at radius 3 is 0.556 bits per heavy atom. The molecule has 0 atom stereocenters. The SMILES string of the molecule is C1=CCCC=CCC1.C1=CCCC=CCC1.[OH-].[Rh]. The Balaban J connectivity index is 0. The number of hydrogen-bond donors (Lipinski definition) is 0. The Bertz CT molecular complexity index is 184. The first-order valence-electron chi connectivity index (χ1n) is 6.60. The van der Waals surface area contributed by atoms with Gasteiger partial charge >= 0.3 is 0 Å². The molecular weight excluding hydrogens is 311 g/mol. The summed E-state index contributed by atoms with van der Waals surface area (Å²) < 4.78 is 0. The minimum Gasteiger partial charge on any atom is -0.870 e. The van der Waals surface area contributed by atoms with Crippen LogP contribution in [-0.4, -0.2) is 5.48 Å². The molecule has 1 N–H and O–H groups in total. The third-order valence-electron chi connectivity index (χ3n) is 2.67. The van der Waals surface area contributed by atoms with E-state index < -0.39 is 0 Å². The molecule has 1 nitrogen and oxygen atoms in total. The van der Waals surface area contributed by atoms with Gasteiger partial charge in [0.15, 0.2) is 0 Å². The molecule has 0 amide bonds. The maximum Gasteiger partial charge on any atom is 0 e. The van der Waals surface area contributed by atoms with Gasteiger partial charge in [-0.15, -0.1) is 0 Å². The van der Waals surface area contributed by atoms with E-state index in [9.17, 15) is 0 Å². The normalized spacial score (nSPS) is 17.8. The van der Waals surface area contributed by atoms with Crippen molar-refractivity contribution in [3.05, 3.63) is 48.6 Å². The molecule has 1 radical (unpaired) electrons. The molecule has 0 saturated carbocycles. The van der Waals surface area contributed by atoms with Crippen molar-refractivity contribution >= 4 is 0 Å². The second kappa shape index (κ2) is 16.5. The van der Waals surface area contributed by atoms with Gasteiger partial charge in [0, 0.05) is 19.5 Å². The summed E-state index contributed by atoms with van der Waals surface area (Å²) in [4.78, 5) is 0. The standard InChI is InChI=1S/2C8H12.H2O.Rh/c2*1-2-4-6-8-7-5-3-1;;/h2*1-2,7-8H,3-6H2;1H2;/p-1. The summed E-state index contributed by atoms with van der Waals surface area (Å²) in [5, 5.41) is 0. The average Bonchev–Trinajstić information content (AvgIpc) is 2.15. The summed E-state index contributed by atoms with van der Waals surface area (Å²) in [6, 6.07) is 0. The molecule has 0 fully saturated rings. The average molecular weight is 336 g/mol. The minimum atomic E-state index is 0. The minimum absolute atomic E-state index is 0. The van der Waals surface area contributed by atoms with Gasteiger partial charge in [-0.1, -0.05) is 48.6 Å². The van der Waals surface area contributed by atoms with Gasteiger partial charge in [0.25, 0.3) is 0 Å². The molecule has 0 aromatic carbocycles. The monoisotopic (exact) mass is 336 g/mol. The van der Waals surface area contributed by atoms with Crippen molar-refractivity contribution in [2.75, 3.05) is 0 Å². The molecule has 0 bridgehead atoms. The Morgan fingerprint density at radius 2 is 0.444 bits per heavy atom. The summed E-state index contributed by atoms with van der Waals surface area (Å²) >= 11 is 0. The van der Waals surface area contributed by atoms with Gasteiger partial charge in [-0.2, -0.15) is 0 Å². The molecule has 0 saturated heterocycles. The fourth-order valence-electron chi connectivity index (χ4n) is 1.71. The molecule has 18 heavy (non-hydrogen) atoms. The van der Waals surface area contributed by atoms with Gasteiger partial charge in [0.2, 0.25) is 0 Å². The second-order valence-electron chi connectivity index (χ2n) is 4.20. The first-order chi connectivity index (χ1) is 8.00. The van der Waals surface area contributed by atoms with E-state index in [1.165, 1.54) is 51.4 Å². The summed E-state index contributed by atoms with van der Waals surface area (Å²) in [7, 11) is 0. The van der Waals surface area contributed by atoms with Gasteiger partial charge in [-0.3, -0.25) is 0 Å². The van der Waals surface area contributed by atoms with Gasteiger partial charge in [0.05, 0.1) is 0 Å². The predicted octanol–water partition coefficient (Wildman–Crippen LogP) is 5.17. The van der Waals surface area contributed by atoms with Gasteiger partial charge < -0.3 is 5.48 Å². The first kappa shape index (κ1) is 19.9. The Hall–Kier alpha value is -0.457. The number of hydrogen-bond acceptors (Lipinski definition) is 1. The van der Waals surface area contributed by atoms with E-state index in [4.69, 9.17) is 0 Å². The van der Waals surface area contributed by atoms with Gasteiger partial charge in [-0.25, -0.2) is 0 Å². The molecule has 0 spiro atoms. The third-order valence-corrected chi connectivity index (χ3v) is 2.67. The largest absolute Gasteiger partial charge is 0.870 e. The third kappa shape index (κ3) is 13.6. The molecule has 105 valence electrons. The summed E-state index contributed by atoms with van der Waals surface area (Å²) in [5.41, 5.74) is 0. The number of rotatable bonds is 0. The maximum absolute atomic E-state index is 2.27. The van der Waals surface area contributed by atoms with E-state index in [2.05, 4.69) is 48.6 Å². The summed E-state index contributed by atoms with van der Waals surface area (Å²) in [6.07, 6.45) is 28.0. The van der Waals surface area contributed by atoms with E-state index in [1.54, 1.807) is 0 Å². The zero-order chi connectivity index (χ0) is 11.3. The van der Waals surface area contributed by atoms with Crippen LogP contribution in [0.1, 0.15) is 51.4 Å². The van der Waals surface area contributed by atoms with Crippen LogP contribution < -0.4 is 0 Å². The van der Waals surface area contributed by atoms with E-state index >= 15 is 0 Å². The van der Waals surface area contributed by atoms with Crippen LogP contribution in [0.4, 0.5) is 0 Å². The molecule has 2 aliphatic carbocycles. The molecule has 0 aromatic heterocycles. The fourth-order valence-corrected chi connectivity index (χ4v) is 1.71. The molecule has 2 aliphatic rings. The smallest absolute Gasteiger partial charge is 0 e. The van der Waals surface area contributed by atoms with Crippen molar-refractivity contribution in [1.82, 2.24) is 0 Å². The maximum atomic E-state index is 2.27. The molecule has 0 aliphatic heterocycles. The van der Waals surface area contributed by atoms with Crippen molar-refractivity contribution in [3.8, 4) is 0 Å². The Kier molecular flexibility index (Phi) is 18.3.